The van der Waals surface area contributed by atoms with Crippen molar-refractivity contribution in [2.24, 2.45) is 5.41 Å². The normalized spacial score (nSPS) is 12.4. The van der Waals surface area contributed by atoms with Gasteiger partial charge in [-0.1, -0.05) is 27.2 Å². The van der Waals surface area contributed by atoms with E-state index in [1.165, 1.54) is 0 Å². The van der Waals surface area contributed by atoms with Crippen molar-refractivity contribution in [1.29, 1.82) is 0 Å². The van der Waals surface area contributed by atoms with E-state index >= 15 is 0 Å². The maximum atomic E-state index is 10.2. The summed E-state index contributed by atoms with van der Waals surface area (Å²) >= 11 is 0. The topological polar surface area (TPSA) is 34.1 Å². The first-order valence-corrected chi connectivity index (χ1v) is 4.46. The molecule has 0 aromatic carbocycles. The van der Waals surface area contributed by atoms with Gasteiger partial charge in [-0.15, -0.1) is 0 Å². The van der Waals surface area contributed by atoms with Crippen LogP contribution in [0.4, 0.5) is 0 Å². The highest BCUT2D eigenvalue weighted by Gasteiger charge is 2.15. The molecule has 0 aromatic rings. The van der Waals surface area contributed by atoms with Crippen molar-refractivity contribution in [1.82, 2.24) is 0 Å². The van der Waals surface area contributed by atoms with E-state index in [9.17, 15) is 8.42 Å². The second-order valence-corrected chi connectivity index (χ2v) is 3.99. The van der Waals surface area contributed by atoms with Crippen molar-refractivity contribution in [3.63, 3.8) is 0 Å². The van der Waals surface area contributed by atoms with Crippen LogP contribution in [0.2, 0.25) is 0 Å². The Hall–Kier alpha value is -0.0500. The summed E-state index contributed by atoms with van der Waals surface area (Å²) < 4.78 is 20.4. The third-order valence-corrected chi connectivity index (χ3v) is 2.63. The fraction of sp³-hybridized carbons (Fsp3) is 1.00. The minimum absolute atomic E-state index is 0.0325. The van der Waals surface area contributed by atoms with Gasteiger partial charge in [-0.3, -0.25) is 0 Å². The SMILES string of the molecule is CCC(C)(C)C[SH](=O)=O. The van der Waals surface area contributed by atoms with Crippen LogP contribution in [0.15, 0.2) is 0 Å². The Labute approximate surface area is 58.2 Å². The highest BCUT2D eigenvalue weighted by Crippen LogP contribution is 2.18. The van der Waals surface area contributed by atoms with Crippen molar-refractivity contribution >= 4 is 10.7 Å². The zero-order chi connectivity index (χ0) is 7.49. The molecule has 0 rings (SSSR count). The van der Waals surface area contributed by atoms with Crippen molar-refractivity contribution in [2.75, 3.05) is 5.75 Å². The summed E-state index contributed by atoms with van der Waals surface area (Å²) in [5.74, 6) is 0.304. The lowest BCUT2D eigenvalue weighted by Gasteiger charge is -2.17. The molecule has 2 nitrogen and oxygen atoms in total. The van der Waals surface area contributed by atoms with E-state index in [0.717, 1.165) is 6.42 Å². The lowest BCUT2D eigenvalue weighted by Crippen LogP contribution is -2.16. The van der Waals surface area contributed by atoms with Gasteiger partial charge in [0.15, 0.2) is 0 Å². The number of hydrogen-bond acceptors (Lipinski definition) is 2. The molecule has 0 amide bonds. The predicted molar refractivity (Wildman–Crippen MR) is 39.3 cm³/mol. The van der Waals surface area contributed by atoms with E-state index < -0.39 is 10.7 Å². The molecule has 0 aliphatic rings. The third-order valence-electron chi connectivity index (χ3n) is 1.51. The van der Waals surface area contributed by atoms with Crippen molar-refractivity contribution in [3.05, 3.63) is 0 Å². The van der Waals surface area contributed by atoms with Gasteiger partial charge >= 0.3 is 0 Å². The average Bonchev–Trinajstić information content (AvgIpc) is 1.63. The van der Waals surface area contributed by atoms with E-state index in [2.05, 4.69) is 0 Å². The Morgan fingerprint density at radius 2 is 1.78 bits per heavy atom. The zero-order valence-electron chi connectivity index (χ0n) is 6.18. The van der Waals surface area contributed by atoms with Crippen molar-refractivity contribution in [2.45, 2.75) is 27.2 Å². The zero-order valence-corrected chi connectivity index (χ0v) is 7.07. The Balaban J connectivity index is 3.86. The molecule has 0 radical (unpaired) electrons. The molecule has 0 N–H and O–H groups in total. The van der Waals surface area contributed by atoms with Gasteiger partial charge in [-0.05, 0) is 5.41 Å². The molecule has 3 heteroatoms. The minimum atomic E-state index is -2.19. The third kappa shape index (κ3) is 4.45. The standard InChI is InChI=1S/C6H14O2S/c1-4-6(2,3)5-9(7)8/h9H,4-5H2,1-3H3. The van der Waals surface area contributed by atoms with Crippen LogP contribution in [0.5, 0.6) is 0 Å². The van der Waals surface area contributed by atoms with Gasteiger partial charge in [0.2, 0.25) is 0 Å². The van der Waals surface area contributed by atoms with E-state index in [4.69, 9.17) is 0 Å². The van der Waals surface area contributed by atoms with Crippen LogP contribution in [-0.4, -0.2) is 14.2 Å². The maximum Gasteiger partial charge on any atom is 0.140 e. The van der Waals surface area contributed by atoms with Crippen LogP contribution in [0.3, 0.4) is 0 Å². The van der Waals surface area contributed by atoms with Crippen molar-refractivity contribution in [3.8, 4) is 0 Å². The molecule has 0 saturated carbocycles. The molecule has 0 heterocycles. The summed E-state index contributed by atoms with van der Waals surface area (Å²) in [5.41, 5.74) is -0.0325. The predicted octanol–water partition coefficient (Wildman–Crippen LogP) is 1.03. The molecule has 0 aromatic heterocycles. The lowest BCUT2D eigenvalue weighted by molar-refractivity contribution is 0.400. The van der Waals surface area contributed by atoms with Crippen LogP contribution >= 0.6 is 0 Å². The summed E-state index contributed by atoms with van der Waals surface area (Å²) in [6.45, 7) is 5.91. The van der Waals surface area contributed by atoms with Gasteiger partial charge in [0.05, 0.1) is 5.75 Å². The molecule has 0 aliphatic carbocycles. The largest absolute Gasteiger partial charge is 0.232 e. The molecule has 0 spiro atoms. The van der Waals surface area contributed by atoms with Gasteiger partial charge < -0.3 is 0 Å². The number of thiol groups is 1. The van der Waals surface area contributed by atoms with Crippen LogP contribution in [0.25, 0.3) is 0 Å². The Morgan fingerprint density at radius 3 is 1.89 bits per heavy atom. The van der Waals surface area contributed by atoms with E-state index in [1.54, 1.807) is 0 Å². The van der Waals surface area contributed by atoms with Gasteiger partial charge in [-0.25, -0.2) is 8.42 Å². The Bertz CT molecular complexity index is 139. The maximum absolute atomic E-state index is 10.2. The van der Waals surface area contributed by atoms with Crippen LogP contribution < -0.4 is 0 Å². The Kier molecular flexibility index (Phi) is 3.18. The summed E-state index contributed by atoms with van der Waals surface area (Å²) in [7, 11) is -2.19. The van der Waals surface area contributed by atoms with E-state index in [-0.39, 0.29) is 5.41 Å². The lowest BCUT2D eigenvalue weighted by atomic mass is 9.93. The number of rotatable bonds is 3. The molecule has 0 bridgehead atoms. The molecular weight excluding hydrogens is 136 g/mol. The summed E-state index contributed by atoms with van der Waals surface area (Å²) in [5, 5.41) is 0. The van der Waals surface area contributed by atoms with E-state index in [0.29, 0.717) is 5.75 Å². The highest BCUT2D eigenvalue weighted by atomic mass is 32.2. The molecule has 56 valence electrons. The second-order valence-electron chi connectivity index (χ2n) is 3.01. The van der Waals surface area contributed by atoms with Crippen LogP contribution in [0.1, 0.15) is 27.2 Å². The van der Waals surface area contributed by atoms with Crippen molar-refractivity contribution < 1.29 is 8.42 Å². The molecule has 0 atom stereocenters. The minimum Gasteiger partial charge on any atom is -0.232 e. The average molecular weight is 150 g/mol. The fourth-order valence-corrected chi connectivity index (χ4v) is 1.38. The molecular formula is C6H14O2S. The molecule has 0 unspecified atom stereocenters. The number of hydrogen-bond donors (Lipinski definition) is 1. The highest BCUT2D eigenvalue weighted by molar-refractivity contribution is 7.72. The fourth-order valence-electron chi connectivity index (χ4n) is 0.461. The quantitative estimate of drug-likeness (QED) is 0.610. The summed E-state index contributed by atoms with van der Waals surface area (Å²) in [4.78, 5) is 0. The molecule has 0 fully saturated rings. The molecule has 9 heavy (non-hydrogen) atoms. The van der Waals surface area contributed by atoms with Crippen LogP contribution in [-0.2, 0) is 10.7 Å². The van der Waals surface area contributed by atoms with Gasteiger partial charge in [0.1, 0.15) is 10.7 Å². The van der Waals surface area contributed by atoms with Gasteiger partial charge in [0, 0.05) is 0 Å². The first-order valence-electron chi connectivity index (χ1n) is 3.10. The molecule has 0 aliphatic heterocycles. The first kappa shape index (κ1) is 8.95. The summed E-state index contributed by atoms with van der Waals surface area (Å²) in [6, 6.07) is 0. The summed E-state index contributed by atoms with van der Waals surface area (Å²) in [6.07, 6.45) is 0.913. The molecule has 0 saturated heterocycles. The Morgan fingerprint density at radius 1 is 1.33 bits per heavy atom. The van der Waals surface area contributed by atoms with Crippen LogP contribution in [0, 0.1) is 5.41 Å². The monoisotopic (exact) mass is 150 g/mol. The van der Waals surface area contributed by atoms with Gasteiger partial charge in [-0.2, -0.15) is 0 Å². The smallest absolute Gasteiger partial charge is 0.140 e. The second kappa shape index (κ2) is 3.20. The van der Waals surface area contributed by atoms with E-state index in [1.807, 2.05) is 20.8 Å². The first-order chi connectivity index (χ1) is 3.98. The van der Waals surface area contributed by atoms with Gasteiger partial charge in [0.25, 0.3) is 0 Å².